The molecule has 1 rings (SSSR count). The van der Waals surface area contributed by atoms with Gasteiger partial charge < -0.3 is 10.1 Å². The predicted octanol–water partition coefficient (Wildman–Crippen LogP) is 1.76. The second-order valence-electron chi connectivity index (χ2n) is 4.97. The van der Waals surface area contributed by atoms with E-state index in [1.807, 2.05) is 0 Å². The third-order valence-electron chi connectivity index (χ3n) is 2.17. The molecule has 0 aliphatic rings. The maximum atomic E-state index is 11.7. The van der Waals surface area contributed by atoms with E-state index in [9.17, 15) is 9.59 Å². The summed E-state index contributed by atoms with van der Waals surface area (Å²) in [6, 6.07) is 7.55. The van der Waals surface area contributed by atoms with Crippen LogP contribution in [0.4, 0.5) is 4.79 Å². The molecule has 1 aromatic carbocycles. The Kier molecular flexibility index (Phi) is 4.88. The van der Waals surface area contributed by atoms with Crippen LogP contribution >= 0.6 is 0 Å². The Morgan fingerprint density at radius 3 is 2.26 bits per heavy atom. The number of hydroxylamine groups is 1. The average Bonchev–Trinajstić information content (AvgIpc) is 2.34. The van der Waals surface area contributed by atoms with Crippen molar-refractivity contribution >= 4 is 12.0 Å². The average molecular weight is 266 g/mol. The zero-order valence-corrected chi connectivity index (χ0v) is 11.1. The zero-order chi connectivity index (χ0) is 14.5. The van der Waals surface area contributed by atoms with Crippen LogP contribution in [0.25, 0.3) is 0 Å². The summed E-state index contributed by atoms with van der Waals surface area (Å²) >= 11 is 0. The van der Waals surface area contributed by atoms with Gasteiger partial charge in [0.15, 0.2) is 0 Å². The summed E-state index contributed by atoms with van der Waals surface area (Å²) in [4.78, 5) is 23.2. The van der Waals surface area contributed by atoms with Crippen molar-refractivity contribution in [2.24, 2.45) is 0 Å². The van der Waals surface area contributed by atoms with Crippen molar-refractivity contribution in [3.63, 3.8) is 0 Å². The summed E-state index contributed by atoms with van der Waals surface area (Å²) in [6.07, 6.45) is -0.732. The molecule has 0 fully saturated rings. The Bertz CT molecular complexity index is 440. The largest absolute Gasteiger partial charge is 0.444 e. The highest BCUT2D eigenvalue weighted by molar-refractivity contribution is 5.86. The normalized spacial score (nSPS) is 12.4. The van der Waals surface area contributed by atoms with Crippen molar-refractivity contribution in [1.29, 1.82) is 0 Å². The Morgan fingerprint density at radius 1 is 1.21 bits per heavy atom. The van der Waals surface area contributed by atoms with Crippen LogP contribution in [-0.2, 0) is 9.53 Å². The number of hydrogen-bond donors (Lipinski definition) is 3. The van der Waals surface area contributed by atoms with Crippen molar-refractivity contribution in [1.82, 2.24) is 10.8 Å². The minimum absolute atomic E-state index is 0.542. The summed E-state index contributed by atoms with van der Waals surface area (Å²) in [5, 5.41) is 11.1. The van der Waals surface area contributed by atoms with Crippen molar-refractivity contribution < 1.29 is 19.5 Å². The number of nitrogens with one attached hydrogen (secondary N) is 2. The number of rotatable bonds is 3. The van der Waals surface area contributed by atoms with Crippen molar-refractivity contribution in [3.8, 4) is 0 Å². The lowest BCUT2D eigenvalue weighted by Crippen LogP contribution is -2.41. The Morgan fingerprint density at radius 2 is 1.79 bits per heavy atom. The Balaban J connectivity index is 2.83. The summed E-state index contributed by atoms with van der Waals surface area (Å²) < 4.78 is 5.07. The number of amides is 2. The number of ether oxygens (including phenoxy) is 1. The van der Waals surface area contributed by atoms with Gasteiger partial charge >= 0.3 is 6.09 Å². The summed E-state index contributed by atoms with van der Waals surface area (Å²) in [5.74, 6) is -0.739. The first-order chi connectivity index (χ1) is 8.83. The maximum Gasteiger partial charge on any atom is 0.408 e. The molecule has 0 heterocycles. The van der Waals surface area contributed by atoms with E-state index in [1.165, 1.54) is 5.48 Å². The number of benzene rings is 1. The van der Waals surface area contributed by atoms with E-state index in [-0.39, 0.29) is 0 Å². The first-order valence-corrected chi connectivity index (χ1v) is 5.82. The first kappa shape index (κ1) is 15.0. The number of hydrogen-bond acceptors (Lipinski definition) is 4. The molecular weight excluding hydrogens is 248 g/mol. The Labute approximate surface area is 111 Å². The molecule has 0 radical (unpaired) electrons. The van der Waals surface area contributed by atoms with E-state index in [4.69, 9.17) is 9.94 Å². The van der Waals surface area contributed by atoms with E-state index >= 15 is 0 Å². The lowest BCUT2D eigenvalue weighted by atomic mass is 10.1. The summed E-state index contributed by atoms with van der Waals surface area (Å²) in [5.41, 5.74) is 1.40. The van der Waals surface area contributed by atoms with Gasteiger partial charge in [-0.05, 0) is 26.3 Å². The molecule has 19 heavy (non-hydrogen) atoms. The highest BCUT2D eigenvalue weighted by Crippen LogP contribution is 2.14. The number of alkyl carbamates (subject to hydrolysis) is 1. The first-order valence-electron chi connectivity index (χ1n) is 5.82. The van der Waals surface area contributed by atoms with E-state index < -0.39 is 23.6 Å². The highest BCUT2D eigenvalue weighted by atomic mass is 16.6. The molecule has 0 saturated carbocycles. The van der Waals surface area contributed by atoms with Crippen LogP contribution in [0.15, 0.2) is 30.3 Å². The van der Waals surface area contributed by atoms with Gasteiger partial charge in [0.05, 0.1) is 0 Å². The van der Waals surface area contributed by atoms with Gasteiger partial charge in [0.2, 0.25) is 0 Å². The number of carbonyl (C=O) groups excluding carboxylic acids is 2. The molecular formula is C13H18N2O4. The second-order valence-corrected chi connectivity index (χ2v) is 4.97. The monoisotopic (exact) mass is 266 g/mol. The molecule has 2 amide bonds. The molecule has 3 N–H and O–H groups in total. The van der Waals surface area contributed by atoms with Crippen LogP contribution in [0, 0.1) is 0 Å². The molecule has 0 aliphatic carbocycles. The smallest absolute Gasteiger partial charge is 0.408 e. The molecule has 0 bridgehead atoms. The summed E-state index contributed by atoms with van der Waals surface area (Å²) in [7, 11) is 0. The highest BCUT2D eigenvalue weighted by Gasteiger charge is 2.25. The second kappa shape index (κ2) is 6.19. The fraction of sp³-hybridized carbons (Fsp3) is 0.385. The van der Waals surface area contributed by atoms with Gasteiger partial charge in [0, 0.05) is 0 Å². The van der Waals surface area contributed by atoms with Gasteiger partial charge in [-0.1, -0.05) is 30.3 Å². The molecule has 6 heteroatoms. The minimum atomic E-state index is -1.01. The lowest BCUT2D eigenvalue weighted by molar-refractivity contribution is -0.131. The van der Waals surface area contributed by atoms with Crippen LogP contribution in [-0.4, -0.2) is 22.8 Å². The molecule has 0 unspecified atom stereocenters. The van der Waals surface area contributed by atoms with Crippen LogP contribution in [0.5, 0.6) is 0 Å². The third-order valence-corrected chi connectivity index (χ3v) is 2.17. The van der Waals surface area contributed by atoms with Crippen LogP contribution in [0.1, 0.15) is 32.4 Å². The molecule has 0 aromatic heterocycles. The van der Waals surface area contributed by atoms with Crippen molar-refractivity contribution in [2.45, 2.75) is 32.4 Å². The number of carbonyl (C=O) groups is 2. The van der Waals surface area contributed by atoms with Crippen molar-refractivity contribution in [3.05, 3.63) is 35.9 Å². The molecule has 0 aliphatic heterocycles. The molecule has 0 saturated heterocycles. The van der Waals surface area contributed by atoms with E-state index in [0.717, 1.165) is 0 Å². The molecule has 1 atom stereocenters. The standard InChI is InChI=1S/C13H18N2O4/c1-13(2,3)19-12(17)14-10(11(16)15-18)9-7-5-4-6-8-9/h4-8,10,18H,1-3H3,(H,14,17)(H,15,16)/t10-/m0/s1. The maximum absolute atomic E-state index is 11.7. The predicted molar refractivity (Wildman–Crippen MR) is 68.5 cm³/mol. The Hall–Kier alpha value is -2.08. The van der Waals surface area contributed by atoms with Gasteiger partial charge in [-0.15, -0.1) is 0 Å². The lowest BCUT2D eigenvalue weighted by Gasteiger charge is -2.22. The van der Waals surface area contributed by atoms with Gasteiger partial charge in [-0.3, -0.25) is 10.0 Å². The molecule has 104 valence electrons. The van der Waals surface area contributed by atoms with E-state index in [1.54, 1.807) is 51.1 Å². The van der Waals surface area contributed by atoms with Gasteiger partial charge in [-0.2, -0.15) is 0 Å². The fourth-order valence-corrected chi connectivity index (χ4v) is 1.44. The molecule has 1 aromatic rings. The molecule has 6 nitrogen and oxygen atoms in total. The van der Waals surface area contributed by atoms with Gasteiger partial charge in [0.25, 0.3) is 5.91 Å². The topological polar surface area (TPSA) is 87.7 Å². The van der Waals surface area contributed by atoms with E-state index in [2.05, 4.69) is 5.32 Å². The summed E-state index contributed by atoms with van der Waals surface area (Å²) in [6.45, 7) is 5.16. The van der Waals surface area contributed by atoms with Crippen LogP contribution in [0.2, 0.25) is 0 Å². The molecule has 0 spiro atoms. The quantitative estimate of drug-likeness (QED) is 0.574. The fourth-order valence-electron chi connectivity index (χ4n) is 1.44. The SMILES string of the molecule is CC(C)(C)OC(=O)N[C@H](C(=O)NO)c1ccccc1. The van der Waals surface area contributed by atoms with Crippen molar-refractivity contribution in [2.75, 3.05) is 0 Å². The third kappa shape index (κ3) is 4.97. The van der Waals surface area contributed by atoms with Gasteiger partial charge in [0.1, 0.15) is 11.6 Å². The zero-order valence-electron chi connectivity index (χ0n) is 11.1. The van der Waals surface area contributed by atoms with Crippen LogP contribution in [0.3, 0.4) is 0 Å². The minimum Gasteiger partial charge on any atom is -0.444 e. The van der Waals surface area contributed by atoms with Crippen LogP contribution < -0.4 is 10.8 Å². The van der Waals surface area contributed by atoms with Gasteiger partial charge in [-0.25, -0.2) is 10.3 Å². The van der Waals surface area contributed by atoms with E-state index in [0.29, 0.717) is 5.56 Å².